The van der Waals surface area contributed by atoms with Crippen molar-refractivity contribution < 1.29 is 9.59 Å². The molecule has 1 aliphatic heterocycles. The second kappa shape index (κ2) is 6.13. The highest BCUT2D eigenvalue weighted by molar-refractivity contribution is 7.12. The van der Waals surface area contributed by atoms with Crippen molar-refractivity contribution in [2.45, 2.75) is 6.42 Å². The predicted molar refractivity (Wildman–Crippen MR) is 81.5 cm³/mol. The molecule has 5 nitrogen and oxygen atoms in total. The second-order valence-electron chi connectivity index (χ2n) is 5.01. The normalized spacial score (nSPS) is 15.8. The fourth-order valence-corrected chi connectivity index (χ4v) is 3.21. The van der Waals surface area contributed by atoms with Gasteiger partial charge >= 0.3 is 0 Å². The van der Waals surface area contributed by atoms with E-state index in [1.54, 1.807) is 18.5 Å². The van der Waals surface area contributed by atoms with Gasteiger partial charge in [0, 0.05) is 38.6 Å². The minimum atomic E-state index is 0.0293. The van der Waals surface area contributed by atoms with Crippen LogP contribution in [0.3, 0.4) is 0 Å². The summed E-state index contributed by atoms with van der Waals surface area (Å²) < 4.78 is 0. The van der Waals surface area contributed by atoms with Crippen molar-refractivity contribution in [3.8, 4) is 0 Å². The van der Waals surface area contributed by atoms with Crippen molar-refractivity contribution in [3.63, 3.8) is 0 Å². The van der Waals surface area contributed by atoms with Gasteiger partial charge < -0.3 is 14.8 Å². The molecular weight excluding hydrogens is 286 g/mol. The van der Waals surface area contributed by atoms with Gasteiger partial charge in [-0.2, -0.15) is 0 Å². The molecule has 0 aliphatic carbocycles. The zero-order chi connectivity index (χ0) is 14.7. The van der Waals surface area contributed by atoms with E-state index < -0.39 is 0 Å². The van der Waals surface area contributed by atoms with Crippen molar-refractivity contribution in [2.24, 2.45) is 0 Å². The molecule has 1 saturated heterocycles. The number of hydrogen-bond donors (Lipinski definition) is 1. The van der Waals surface area contributed by atoms with Gasteiger partial charge in [0.1, 0.15) is 0 Å². The van der Waals surface area contributed by atoms with Crippen molar-refractivity contribution in [3.05, 3.63) is 46.4 Å². The van der Waals surface area contributed by atoms with E-state index in [4.69, 9.17) is 0 Å². The number of amides is 2. The summed E-state index contributed by atoms with van der Waals surface area (Å²) in [6.45, 7) is 2.57. The lowest BCUT2D eigenvalue weighted by Gasteiger charge is -2.21. The van der Waals surface area contributed by atoms with E-state index in [0.29, 0.717) is 31.7 Å². The number of H-pyrrole nitrogens is 1. The number of carbonyl (C=O) groups is 2. The lowest BCUT2D eigenvalue weighted by atomic mass is 10.3. The van der Waals surface area contributed by atoms with Gasteiger partial charge in [-0.05, 0) is 23.9 Å². The Morgan fingerprint density at radius 2 is 1.81 bits per heavy atom. The molecule has 0 bridgehead atoms. The molecule has 6 heteroatoms. The molecule has 0 radical (unpaired) electrons. The van der Waals surface area contributed by atoms with E-state index in [1.807, 2.05) is 27.3 Å². The molecule has 1 aliphatic rings. The Balaban J connectivity index is 1.64. The van der Waals surface area contributed by atoms with E-state index >= 15 is 0 Å². The van der Waals surface area contributed by atoms with E-state index in [1.165, 1.54) is 11.3 Å². The molecule has 2 aromatic rings. The van der Waals surface area contributed by atoms with Gasteiger partial charge in [0.25, 0.3) is 11.8 Å². The van der Waals surface area contributed by atoms with Crippen LogP contribution in [-0.4, -0.2) is 52.8 Å². The number of hydrogen-bond acceptors (Lipinski definition) is 3. The number of rotatable bonds is 2. The van der Waals surface area contributed by atoms with Crippen LogP contribution in [0, 0.1) is 0 Å². The monoisotopic (exact) mass is 303 g/mol. The molecule has 21 heavy (non-hydrogen) atoms. The fourth-order valence-electron chi connectivity index (χ4n) is 2.52. The van der Waals surface area contributed by atoms with Crippen LogP contribution < -0.4 is 0 Å². The largest absolute Gasteiger partial charge is 0.367 e. The summed E-state index contributed by atoms with van der Waals surface area (Å²) in [4.78, 5) is 32.0. The zero-order valence-electron chi connectivity index (χ0n) is 11.6. The van der Waals surface area contributed by atoms with Gasteiger partial charge in [-0.3, -0.25) is 9.59 Å². The molecule has 2 aromatic heterocycles. The summed E-state index contributed by atoms with van der Waals surface area (Å²) in [5.74, 6) is 0.0996. The highest BCUT2D eigenvalue weighted by atomic mass is 32.1. The third-order valence-corrected chi connectivity index (χ3v) is 4.51. The smallest absolute Gasteiger partial charge is 0.263 e. The van der Waals surface area contributed by atoms with Crippen molar-refractivity contribution in [1.29, 1.82) is 0 Å². The molecule has 0 unspecified atom stereocenters. The number of carbonyl (C=O) groups excluding carboxylic acids is 2. The summed E-state index contributed by atoms with van der Waals surface area (Å²) >= 11 is 1.46. The van der Waals surface area contributed by atoms with E-state index in [2.05, 4.69) is 4.98 Å². The van der Waals surface area contributed by atoms with Gasteiger partial charge in [-0.15, -0.1) is 11.3 Å². The number of nitrogens with zero attached hydrogens (tertiary/aromatic N) is 2. The van der Waals surface area contributed by atoms with Gasteiger partial charge in [-0.25, -0.2) is 0 Å². The highest BCUT2D eigenvalue weighted by Crippen LogP contribution is 2.15. The van der Waals surface area contributed by atoms with Crippen LogP contribution in [0.4, 0.5) is 0 Å². The molecule has 0 saturated carbocycles. The van der Waals surface area contributed by atoms with Crippen LogP contribution in [0.2, 0.25) is 0 Å². The molecule has 2 amide bonds. The quantitative estimate of drug-likeness (QED) is 0.923. The first-order valence-corrected chi connectivity index (χ1v) is 7.88. The first kappa shape index (κ1) is 13.9. The first-order valence-electron chi connectivity index (χ1n) is 7.00. The molecule has 0 spiro atoms. The lowest BCUT2D eigenvalue weighted by molar-refractivity contribution is 0.0721. The molecule has 3 rings (SSSR count). The molecule has 0 aromatic carbocycles. The van der Waals surface area contributed by atoms with Crippen LogP contribution in [0.5, 0.6) is 0 Å². The minimum Gasteiger partial charge on any atom is -0.367 e. The van der Waals surface area contributed by atoms with Crippen molar-refractivity contribution in [2.75, 3.05) is 26.2 Å². The van der Waals surface area contributed by atoms with Crippen LogP contribution in [0.15, 0.2) is 36.0 Å². The Kier molecular flexibility index (Phi) is 4.06. The van der Waals surface area contributed by atoms with E-state index in [0.717, 1.165) is 11.3 Å². The molecule has 1 N–H and O–H groups in total. The van der Waals surface area contributed by atoms with E-state index in [9.17, 15) is 9.59 Å². The third-order valence-electron chi connectivity index (χ3n) is 3.65. The number of aromatic amines is 1. The van der Waals surface area contributed by atoms with Crippen LogP contribution in [0.25, 0.3) is 0 Å². The molecule has 0 atom stereocenters. The summed E-state index contributed by atoms with van der Waals surface area (Å²) in [6, 6.07) is 5.51. The molecular formula is C15H17N3O2S. The Labute approximate surface area is 127 Å². The summed E-state index contributed by atoms with van der Waals surface area (Å²) in [6.07, 6.45) is 4.27. The van der Waals surface area contributed by atoms with Gasteiger partial charge in [0.05, 0.1) is 10.4 Å². The van der Waals surface area contributed by atoms with E-state index in [-0.39, 0.29) is 11.8 Å². The number of thiophene rings is 1. The topological polar surface area (TPSA) is 56.4 Å². The summed E-state index contributed by atoms with van der Waals surface area (Å²) in [5, 5.41) is 1.91. The number of nitrogens with one attached hydrogen (secondary N) is 1. The zero-order valence-corrected chi connectivity index (χ0v) is 12.4. The average Bonchev–Trinajstić information content (AvgIpc) is 3.15. The lowest BCUT2D eigenvalue weighted by Crippen LogP contribution is -2.37. The standard InChI is InChI=1S/C15H17N3O2S/c19-14(12-4-5-16-11-12)17-6-2-7-18(9-8-17)15(20)13-3-1-10-21-13/h1,3-5,10-11,16H,2,6-9H2. The summed E-state index contributed by atoms with van der Waals surface area (Å²) in [5.41, 5.74) is 0.674. The van der Waals surface area contributed by atoms with Gasteiger partial charge in [0.2, 0.25) is 0 Å². The second-order valence-corrected chi connectivity index (χ2v) is 5.96. The highest BCUT2D eigenvalue weighted by Gasteiger charge is 2.23. The fraction of sp³-hybridized carbons (Fsp3) is 0.333. The molecule has 3 heterocycles. The Bertz CT molecular complexity index is 553. The van der Waals surface area contributed by atoms with Crippen LogP contribution >= 0.6 is 11.3 Å². The minimum absolute atomic E-state index is 0.0293. The summed E-state index contributed by atoms with van der Waals surface area (Å²) in [7, 11) is 0. The maximum atomic E-state index is 12.3. The Morgan fingerprint density at radius 1 is 1.05 bits per heavy atom. The van der Waals surface area contributed by atoms with Gasteiger partial charge in [0.15, 0.2) is 0 Å². The van der Waals surface area contributed by atoms with Crippen LogP contribution in [-0.2, 0) is 0 Å². The number of aromatic nitrogens is 1. The maximum absolute atomic E-state index is 12.3. The molecule has 1 fully saturated rings. The molecule has 110 valence electrons. The third kappa shape index (κ3) is 3.00. The Hall–Kier alpha value is -2.08. The Morgan fingerprint density at radius 3 is 2.43 bits per heavy atom. The predicted octanol–water partition coefficient (Wildman–Crippen LogP) is 2.06. The first-order chi connectivity index (χ1) is 10.3. The van der Waals surface area contributed by atoms with Gasteiger partial charge in [-0.1, -0.05) is 6.07 Å². The van der Waals surface area contributed by atoms with Crippen molar-refractivity contribution >= 4 is 23.2 Å². The maximum Gasteiger partial charge on any atom is 0.263 e. The SMILES string of the molecule is O=C(c1cc[nH]c1)N1CCCN(C(=O)c2cccs2)CC1. The average molecular weight is 303 g/mol. The van der Waals surface area contributed by atoms with Crippen LogP contribution in [0.1, 0.15) is 26.5 Å². The van der Waals surface area contributed by atoms with Crippen molar-refractivity contribution in [1.82, 2.24) is 14.8 Å².